The number of carbonyl (C=O) groups excluding carboxylic acids is 1. The summed E-state index contributed by atoms with van der Waals surface area (Å²) in [4.78, 5) is 14.1. The number of halogens is 1. The molecule has 0 spiro atoms. The first-order valence-corrected chi connectivity index (χ1v) is 6.07. The Labute approximate surface area is 106 Å². The first-order chi connectivity index (χ1) is 8.02. The van der Waals surface area contributed by atoms with E-state index in [1.807, 2.05) is 7.05 Å². The van der Waals surface area contributed by atoms with E-state index in [1.54, 1.807) is 18.9 Å². The molecule has 1 aliphatic heterocycles. The van der Waals surface area contributed by atoms with Gasteiger partial charge in [-0.2, -0.15) is 5.10 Å². The van der Waals surface area contributed by atoms with Crippen LogP contribution in [0.15, 0.2) is 0 Å². The third-order valence-corrected chi connectivity index (χ3v) is 3.70. The van der Waals surface area contributed by atoms with E-state index in [0.717, 1.165) is 19.5 Å². The number of amides is 1. The lowest BCUT2D eigenvalue weighted by atomic mass is 10.2. The highest BCUT2D eigenvalue weighted by molar-refractivity contribution is 6.33. The highest BCUT2D eigenvalue weighted by atomic mass is 35.5. The Hall–Kier alpha value is -1.07. The van der Waals surface area contributed by atoms with Crippen molar-refractivity contribution in [2.24, 2.45) is 7.05 Å². The molecule has 1 fully saturated rings. The van der Waals surface area contributed by atoms with Crippen LogP contribution in [0.4, 0.5) is 0 Å². The summed E-state index contributed by atoms with van der Waals surface area (Å²) in [5.41, 5.74) is 1.20. The second-order valence-electron chi connectivity index (χ2n) is 4.44. The van der Waals surface area contributed by atoms with Crippen molar-refractivity contribution in [3.05, 3.63) is 16.4 Å². The summed E-state index contributed by atoms with van der Waals surface area (Å²) >= 11 is 6.10. The lowest BCUT2D eigenvalue weighted by Crippen LogP contribution is -2.38. The van der Waals surface area contributed by atoms with Crippen LogP contribution in [0.3, 0.4) is 0 Å². The number of aryl methyl sites for hydroxylation is 2. The number of carbonyl (C=O) groups is 1. The van der Waals surface area contributed by atoms with Gasteiger partial charge in [0, 0.05) is 26.7 Å². The largest absolute Gasteiger partial charge is 0.337 e. The smallest absolute Gasteiger partial charge is 0.258 e. The first-order valence-electron chi connectivity index (χ1n) is 5.69. The van der Waals surface area contributed by atoms with Crippen molar-refractivity contribution >= 4 is 17.5 Å². The molecule has 1 N–H and O–H groups in total. The second-order valence-corrected chi connectivity index (χ2v) is 4.80. The molecule has 1 aromatic rings. The fourth-order valence-corrected chi connectivity index (χ4v) is 2.44. The molecular formula is C11H17ClN4O. The molecule has 0 unspecified atom stereocenters. The zero-order chi connectivity index (χ0) is 12.6. The zero-order valence-corrected chi connectivity index (χ0v) is 11.1. The zero-order valence-electron chi connectivity index (χ0n) is 10.3. The van der Waals surface area contributed by atoms with Gasteiger partial charge in [0.05, 0.1) is 11.3 Å². The van der Waals surface area contributed by atoms with Crippen molar-refractivity contribution in [1.29, 1.82) is 0 Å². The van der Waals surface area contributed by atoms with Crippen molar-refractivity contribution in [1.82, 2.24) is 20.0 Å². The van der Waals surface area contributed by atoms with E-state index in [2.05, 4.69) is 10.4 Å². The molecule has 1 aromatic heterocycles. The average molecular weight is 257 g/mol. The van der Waals surface area contributed by atoms with Gasteiger partial charge in [-0.25, -0.2) is 0 Å². The Kier molecular flexibility index (Phi) is 3.40. The number of aromatic nitrogens is 2. The van der Waals surface area contributed by atoms with Gasteiger partial charge in [-0.1, -0.05) is 11.6 Å². The Bertz CT molecular complexity index is 437. The highest BCUT2D eigenvalue weighted by Gasteiger charge is 2.28. The van der Waals surface area contributed by atoms with Crippen LogP contribution in [-0.2, 0) is 7.05 Å². The molecule has 5 nitrogen and oxygen atoms in total. The lowest BCUT2D eigenvalue weighted by molar-refractivity contribution is 0.0743. The fraction of sp³-hybridized carbons (Fsp3) is 0.636. The molecule has 1 amide bonds. The van der Waals surface area contributed by atoms with Crippen molar-refractivity contribution < 1.29 is 4.79 Å². The van der Waals surface area contributed by atoms with Gasteiger partial charge in [0.2, 0.25) is 0 Å². The molecule has 1 aliphatic rings. The van der Waals surface area contributed by atoms with E-state index in [-0.39, 0.29) is 11.9 Å². The summed E-state index contributed by atoms with van der Waals surface area (Å²) in [7, 11) is 3.56. The van der Waals surface area contributed by atoms with E-state index in [9.17, 15) is 4.79 Å². The molecule has 0 bridgehead atoms. The summed E-state index contributed by atoms with van der Waals surface area (Å²) in [6.07, 6.45) is 0.985. The molecular weight excluding hydrogens is 240 g/mol. The van der Waals surface area contributed by atoms with Gasteiger partial charge >= 0.3 is 0 Å². The van der Waals surface area contributed by atoms with Gasteiger partial charge in [0.25, 0.3) is 5.91 Å². The van der Waals surface area contributed by atoms with Gasteiger partial charge in [-0.15, -0.1) is 0 Å². The van der Waals surface area contributed by atoms with Crippen LogP contribution in [0.25, 0.3) is 0 Å². The summed E-state index contributed by atoms with van der Waals surface area (Å²) < 4.78 is 1.53. The van der Waals surface area contributed by atoms with Crippen LogP contribution in [0.1, 0.15) is 22.5 Å². The van der Waals surface area contributed by atoms with Crippen molar-refractivity contribution in [2.75, 3.05) is 20.1 Å². The van der Waals surface area contributed by atoms with Crippen molar-refractivity contribution in [2.45, 2.75) is 19.4 Å². The number of nitrogens with zero attached hydrogens (tertiary/aromatic N) is 3. The van der Waals surface area contributed by atoms with Gasteiger partial charge < -0.3 is 10.2 Å². The second kappa shape index (κ2) is 4.66. The van der Waals surface area contributed by atoms with E-state index in [4.69, 9.17) is 11.6 Å². The van der Waals surface area contributed by atoms with Crippen LogP contribution >= 0.6 is 11.6 Å². The molecule has 2 heterocycles. The Morgan fingerprint density at radius 3 is 2.82 bits per heavy atom. The fourth-order valence-electron chi connectivity index (χ4n) is 2.19. The molecule has 0 radical (unpaired) electrons. The van der Waals surface area contributed by atoms with Crippen LogP contribution in [0.5, 0.6) is 0 Å². The van der Waals surface area contributed by atoms with Crippen LogP contribution in [-0.4, -0.2) is 46.8 Å². The molecule has 2 rings (SSSR count). The number of rotatable bonds is 2. The van der Waals surface area contributed by atoms with E-state index < -0.39 is 0 Å². The molecule has 0 aromatic carbocycles. The normalized spacial score (nSPS) is 19.6. The van der Waals surface area contributed by atoms with E-state index >= 15 is 0 Å². The third-order valence-electron chi connectivity index (χ3n) is 3.27. The standard InChI is InChI=1S/C11H17ClN4O/c1-7-9(10(12)16(3)14-7)11(17)15(2)8-4-5-13-6-8/h8,13H,4-6H2,1-3H3/t8-/m0/s1. The molecule has 1 saturated heterocycles. The predicted octanol–water partition coefficient (Wildman–Crippen LogP) is 0.816. The van der Waals surface area contributed by atoms with Crippen LogP contribution in [0.2, 0.25) is 5.15 Å². The van der Waals surface area contributed by atoms with Gasteiger partial charge in [-0.05, 0) is 19.9 Å². The predicted molar refractivity (Wildman–Crippen MR) is 66.3 cm³/mol. The minimum Gasteiger partial charge on any atom is -0.337 e. The highest BCUT2D eigenvalue weighted by Crippen LogP contribution is 2.21. The minimum atomic E-state index is -0.0469. The Balaban J connectivity index is 2.24. The summed E-state index contributed by atoms with van der Waals surface area (Å²) in [6.45, 7) is 3.61. The van der Waals surface area contributed by atoms with Crippen molar-refractivity contribution in [3.63, 3.8) is 0 Å². The quantitative estimate of drug-likeness (QED) is 0.852. The minimum absolute atomic E-state index is 0.0469. The van der Waals surface area contributed by atoms with E-state index in [0.29, 0.717) is 16.4 Å². The SMILES string of the molecule is Cc1nn(C)c(Cl)c1C(=O)N(C)[C@H]1CCNC1. The van der Waals surface area contributed by atoms with Crippen molar-refractivity contribution in [3.8, 4) is 0 Å². The topological polar surface area (TPSA) is 50.2 Å². The van der Waals surface area contributed by atoms with Crippen LogP contribution in [0, 0.1) is 6.92 Å². The van der Waals surface area contributed by atoms with Crippen LogP contribution < -0.4 is 5.32 Å². The number of nitrogens with one attached hydrogen (secondary N) is 1. The molecule has 17 heavy (non-hydrogen) atoms. The van der Waals surface area contributed by atoms with Gasteiger partial charge in [0.15, 0.2) is 0 Å². The summed E-state index contributed by atoms with van der Waals surface area (Å²) in [5, 5.41) is 7.82. The summed E-state index contributed by atoms with van der Waals surface area (Å²) in [6, 6.07) is 0.248. The Morgan fingerprint density at radius 2 is 2.35 bits per heavy atom. The van der Waals surface area contributed by atoms with Gasteiger partial charge in [-0.3, -0.25) is 9.48 Å². The maximum Gasteiger partial charge on any atom is 0.258 e. The number of likely N-dealkylation sites (N-methyl/N-ethyl adjacent to an activating group) is 1. The molecule has 6 heteroatoms. The first kappa shape index (κ1) is 12.4. The van der Waals surface area contributed by atoms with Gasteiger partial charge in [0.1, 0.15) is 5.15 Å². The average Bonchev–Trinajstić information content (AvgIpc) is 2.87. The molecule has 94 valence electrons. The molecule has 1 atom stereocenters. The number of hydrogen-bond acceptors (Lipinski definition) is 3. The third kappa shape index (κ3) is 2.17. The maximum atomic E-state index is 12.3. The lowest BCUT2D eigenvalue weighted by Gasteiger charge is -2.23. The van der Waals surface area contributed by atoms with E-state index in [1.165, 1.54) is 4.68 Å². The molecule has 0 saturated carbocycles. The monoisotopic (exact) mass is 256 g/mol. The number of hydrogen-bond donors (Lipinski definition) is 1. The molecule has 0 aliphatic carbocycles. The Morgan fingerprint density at radius 1 is 1.65 bits per heavy atom. The summed E-state index contributed by atoms with van der Waals surface area (Å²) in [5.74, 6) is -0.0469. The maximum absolute atomic E-state index is 12.3.